The van der Waals surface area contributed by atoms with Crippen molar-refractivity contribution in [1.29, 1.82) is 0 Å². The minimum atomic E-state index is -0.910. The van der Waals surface area contributed by atoms with Crippen LogP contribution < -0.4 is 35.7 Å². The van der Waals surface area contributed by atoms with Gasteiger partial charge in [0.2, 0.25) is 30.4 Å². The second-order valence-corrected chi connectivity index (χ2v) is 16.5. The van der Waals surface area contributed by atoms with Crippen molar-refractivity contribution < 1.29 is 33.4 Å². The molecule has 0 bridgehead atoms. The molecule has 2 aliphatic rings. The summed E-state index contributed by atoms with van der Waals surface area (Å²) >= 11 is 0. The molecule has 1 unspecified atom stereocenters. The van der Waals surface area contributed by atoms with Crippen LogP contribution >= 0.6 is 0 Å². The number of nitrogens with zero attached hydrogens (tertiary/aromatic N) is 2. The van der Waals surface area contributed by atoms with Crippen LogP contribution in [0.2, 0.25) is 0 Å². The fourth-order valence-electron chi connectivity index (χ4n) is 7.34. The molecule has 13 nitrogen and oxygen atoms in total. The van der Waals surface area contributed by atoms with E-state index in [-0.39, 0.29) is 79.4 Å². The number of hydrogen-bond donors (Lipinski definition) is 4. The van der Waals surface area contributed by atoms with Gasteiger partial charge in [0.25, 0.3) is 0 Å². The van der Waals surface area contributed by atoms with Gasteiger partial charge in [0.1, 0.15) is 17.2 Å². The highest BCUT2D eigenvalue weighted by molar-refractivity contribution is 6.51. The molecule has 2 aliphatic heterocycles. The molecular weight excluding hydrogens is 773 g/mol. The summed E-state index contributed by atoms with van der Waals surface area (Å²) in [5.74, 6) is 0.689. The van der Waals surface area contributed by atoms with Crippen LogP contribution in [-0.4, -0.2) is 41.8 Å². The third-order valence-electron chi connectivity index (χ3n) is 10.6. The maximum atomic E-state index is 13.4. The molecule has 13 heteroatoms. The van der Waals surface area contributed by atoms with Crippen LogP contribution in [-0.2, 0) is 19.2 Å². The Hall–Kier alpha value is -6.50. The number of para-hydroxylation sites is 3. The highest BCUT2D eigenvalue weighted by Crippen LogP contribution is 2.39. The topological polar surface area (TPSA) is 169 Å². The molecule has 4 amide bonds. The van der Waals surface area contributed by atoms with Gasteiger partial charge in [0.05, 0.1) is 0 Å². The number of hydrogen-bond acceptors (Lipinski definition) is 9. The molecule has 4 N–H and O–H groups in total. The zero-order valence-electron chi connectivity index (χ0n) is 36.2. The first-order valence-electron chi connectivity index (χ1n) is 21.0. The van der Waals surface area contributed by atoms with E-state index in [2.05, 4.69) is 87.1 Å². The quantitative estimate of drug-likeness (QED) is 0.0867. The molecule has 61 heavy (non-hydrogen) atoms. The molecule has 4 aromatic carbocycles. The number of fused-ring (bicyclic) bond motifs is 2. The molecule has 0 fully saturated rings. The molecule has 0 aromatic heterocycles. The number of carbonyl (C=O) groups excluding carboxylic acids is 4. The molecule has 0 saturated heterocycles. The molecule has 0 aliphatic carbocycles. The summed E-state index contributed by atoms with van der Waals surface area (Å²) in [4.78, 5) is 53.2. The van der Waals surface area contributed by atoms with Gasteiger partial charge in [-0.3, -0.25) is 19.2 Å². The Labute approximate surface area is 357 Å². The molecule has 320 valence electrons. The smallest absolute Gasteiger partial charge is 0.240 e. The van der Waals surface area contributed by atoms with Crippen molar-refractivity contribution in [2.45, 2.75) is 111 Å². The molecule has 0 radical (unpaired) electrons. The maximum Gasteiger partial charge on any atom is 0.240 e. The Morgan fingerprint density at radius 1 is 0.557 bits per heavy atom. The third-order valence-corrected chi connectivity index (χ3v) is 10.6. The third kappa shape index (κ3) is 10.6. The molecule has 1 atom stereocenters. The Kier molecular flexibility index (Phi) is 14.2. The predicted molar refractivity (Wildman–Crippen MR) is 238 cm³/mol. The SMILES string of the molecule is CC(C)c1cccc(C(C)C)c1NC(=O)CCC(=O)NN=C1C(=NNC(=O)CCC(=O)Nc2c(C(C)C)cccc2C(C)C)C(c2ccc3c(c2)OCO3)Oc2ccccc21. The molecular formula is C48H56N6O7. The van der Waals surface area contributed by atoms with Crippen LogP contribution in [0.15, 0.2) is 89.1 Å². The highest BCUT2D eigenvalue weighted by Gasteiger charge is 2.35. The molecule has 0 saturated carbocycles. The summed E-state index contributed by atoms with van der Waals surface area (Å²) in [5, 5.41) is 15.2. The number of hydrazone groups is 2. The van der Waals surface area contributed by atoms with Crippen molar-refractivity contribution in [2.24, 2.45) is 10.2 Å². The van der Waals surface area contributed by atoms with Crippen LogP contribution in [0.3, 0.4) is 0 Å². The number of nitrogens with one attached hydrogen (secondary N) is 4. The average Bonchev–Trinajstić information content (AvgIpc) is 3.71. The van der Waals surface area contributed by atoms with Crippen LogP contribution in [0.5, 0.6) is 17.2 Å². The van der Waals surface area contributed by atoms with Crippen LogP contribution in [0.4, 0.5) is 11.4 Å². The van der Waals surface area contributed by atoms with E-state index in [0.717, 1.165) is 33.6 Å². The highest BCUT2D eigenvalue weighted by atomic mass is 16.7. The zero-order chi connectivity index (χ0) is 43.8. The summed E-state index contributed by atoms with van der Waals surface area (Å²) in [6, 6.07) is 24.5. The normalized spacial score (nSPS) is 15.6. The molecule has 0 spiro atoms. The summed E-state index contributed by atoms with van der Waals surface area (Å²) in [7, 11) is 0. The number of benzene rings is 4. The van der Waals surface area contributed by atoms with Crippen LogP contribution in [0, 0.1) is 0 Å². The van der Waals surface area contributed by atoms with Crippen molar-refractivity contribution in [3.63, 3.8) is 0 Å². The van der Waals surface area contributed by atoms with Gasteiger partial charge in [-0.25, -0.2) is 10.9 Å². The first-order chi connectivity index (χ1) is 29.2. The minimum Gasteiger partial charge on any atom is -0.478 e. The van der Waals surface area contributed by atoms with Crippen LogP contribution in [0.25, 0.3) is 0 Å². The Morgan fingerprint density at radius 3 is 1.56 bits per heavy atom. The van der Waals surface area contributed by atoms with E-state index in [1.165, 1.54) is 0 Å². The molecule has 2 heterocycles. The lowest BCUT2D eigenvalue weighted by atomic mass is 9.92. The van der Waals surface area contributed by atoms with E-state index in [0.29, 0.717) is 28.4 Å². The maximum absolute atomic E-state index is 13.4. The van der Waals surface area contributed by atoms with E-state index >= 15 is 0 Å². The predicted octanol–water partition coefficient (Wildman–Crippen LogP) is 9.17. The molecule has 4 aromatic rings. The van der Waals surface area contributed by atoms with Crippen molar-refractivity contribution in [2.75, 3.05) is 17.4 Å². The first kappa shape index (κ1) is 44.1. The van der Waals surface area contributed by atoms with Gasteiger partial charge in [0, 0.05) is 48.2 Å². The lowest BCUT2D eigenvalue weighted by Gasteiger charge is -2.29. The largest absolute Gasteiger partial charge is 0.478 e. The summed E-state index contributed by atoms with van der Waals surface area (Å²) in [6.45, 7) is 16.7. The van der Waals surface area contributed by atoms with Crippen molar-refractivity contribution in [3.05, 3.63) is 112 Å². The summed E-state index contributed by atoms with van der Waals surface area (Å²) < 4.78 is 17.7. The van der Waals surface area contributed by atoms with Gasteiger partial charge in [-0.15, -0.1) is 0 Å². The zero-order valence-corrected chi connectivity index (χ0v) is 36.2. The van der Waals surface area contributed by atoms with Crippen molar-refractivity contribution in [1.82, 2.24) is 10.9 Å². The van der Waals surface area contributed by atoms with Gasteiger partial charge in [-0.1, -0.05) is 110 Å². The lowest BCUT2D eigenvalue weighted by molar-refractivity contribution is -0.124. The average molecular weight is 829 g/mol. The first-order valence-corrected chi connectivity index (χ1v) is 21.0. The number of rotatable bonds is 15. The fraction of sp³-hybridized carbons (Fsp3) is 0.375. The van der Waals surface area contributed by atoms with E-state index in [1.807, 2.05) is 42.5 Å². The van der Waals surface area contributed by atoms with E-state index in [4.69, 9.17) is 14.2 Å². The molecule has 6 rings (SSSR count). The number of amides is 4. The Morgan fingerprint density at radius 2 is 1.03 bits per heavy atom. The van der Waals surface area contributed by atoms with Crippen molar-refractivity contribution >= 4 is 46.4 Å². The van der Waals surface area contributed by atoms with Crippen molar-refractivity contribution in [3.8, 4) is 17.2 Å². The van der Waals surface area contributed by atoms with Gasteiger partial charge in [-0.05, 0) is 70.2 Å². The number of anilines is 2. The number of carbonyl (C=O) groups is 4. The monoisotopic (exact) mass is 828 g/mol. The lowest BCUT2D eigenvalue weighted by Crippen LogP contribution is -2.37. The minimum absolute atomic E-state index is 0.0689. The van der Waals surface area contributed by atoms with Gasteiger partial charge in [-0.2, -0.15) is 10.2 Å². The summed E-state index contributed by atoms with van der Waals surface area (Å²) in [5.41, 5.74) is 12.4. The van der Waals surface area contributed by atoms with Gasteiger partial charge in [0.15, 0.2) is 17.6 Å². The second kappa shape index (κ2) is 19.7. The Bertz CT molecular complexity index is 2300. The number of ether oxygens (including phenoxy) is 3. The van der Waals surface area contributed by atoms with Gasteiger partial charge < -0.3 is 24.8 Å². The van der Waals surface area contributed by atoms with E-state index in [9.17, 15) is 19.2 Å². The van der Waals surface area contributed by atoms with Gasteiger partial charge >= 0.3 is 0 Å². The van der Waals surface area contributed by atoms with Crippen LogP contribution in [0.1, 0.15) is 144 Å². The Balaban J connectivity index is 1.22. The van der Waals surface area contributed by atoms with E-state index < -0.39 is 17.9 Å². The second-order valence-electron chi connectivity index (χ2n) is 16.5. The fourth-order valence-corrected chi connectivity index (χ4v) is 7.34. The van der Waals surface area contributed by atoms with E-state index in [1.54, 1.807) is 36.4 Å². The standard InChI is InChI=1S/C48H56N6O7/c1-27(2)32-14-11-15-33(28(3)4)44(32)49-40(55)21-23-42(57)51-53-46-36-13-9-10-18-37(36)61-48(31-19-20-38-39(25-31)60-26-59-38)47(46)54-52-43(58)24-22-41(56)50-45-34(29(5)6)16-12-17-35(45)30(7)8/h9-20,25,27-30,48H,21-24,26H2,1-8H3,(H,49,55)(H,50,56)(H,51,57)(H,52,58). The summed E-state index contributed by atoms with van der Waals surface area (Å²) in [6.07, 6.45) is -1.36.